The zero-order valence-corrected chi connectivity index (χ0v) is 10.9. The summed E-state index contributed by atoms with van der Waals surface area (Å²) in [4.78, 5) is 2.44. The molecule has 0 bridgehead atoms. The first-order valence-corrected chi connectivity index (χ1v) is 7.16. The van der Waals surface area contributed by atoms with Gasteiger partial charge in [-0.1, -0.05) is 12.1 Å². The molecule has 2 rings (SSSR count). The van der Waals surface area contributed by atoms with E-state index < -0.39 is 6.10 Å². The minimum atomic E-state index is -0.711. The van der Waals surface area contributed by atoms with Crippen molar-refractivity contribution >= 4 is 22.7 Å². The summed E-state index contributed by atoms with van der Waals surface area (Å²) in [6.07, 6.45) is -0.711. The topological polar surface area (TPSA) is 52.5 Å². The van der Waals surface area contributed by atoms with Crippen molar-refractivity contribution < 1.29 is 10.2 Å². The monoisotopic (exact) mass is 269 g/mol. The van der Waals surface area contributed by atoms with Crippen molar-refractivity contribution in [3.8, 4) is 0 Å². The van der Waals surface area contributed by atoms with E-state index >= 15 is 0 Å². The van der Waals surface area contributed by atoms with Crippen molar-refractivity contribution in [3.63, 3.8) is 0 Å². The summed E-state index contributed by atoms with van der Waals surface area (Å²) < 4.78 is 0. The van der Waals surface area contributed by atoms with Crippen LogP contribution >= 0.6 is 22.7 Å². The molecule has 0 fully saturated rings. The quantitative estimate of drug-likeness (QED) is 0.750. The summed E-state index contributed by atoms with van der Waals surface area (Å²) in [7, 11) is 0. The van der Waals surface area contributed by atoms with Crippen LogP contribution in [0.2, 0.25) is 0 Å². The van der Waals surface area contributed by atoms with E-state index in [2.05, 4.69) is 17.4 Å². The van der Waals surface area contributed by atoms with Crippen molar-refractivity contribution in [1.29, 1.82) is 0 Å². The molecule has 0 aliphatic rings. The average molecular weight is 269 g/mol. The Hall–Kier alpha value is -0.720. The van der Waals surface area contributed by atoms with Gasteiger partial charge in [-0.25, -0.2) is 0 Å². The number of thiophene rings is 2. The molecule has 0 saturated heterocycles. The lowest BCUT2D eigenvalue weighted by Gasteiger charge is -2.17. The number of hydrogen-bond donors (Lipinski definition) is 3. The Morgan fingerprint density at radius 1 is 1.12 bits per heavy atom. The first-order valence-electron chi connectivity index (χ1n) is 5.40. The van der Waals surface area contributed by atoms with E-state index in [1.54, 1.807) is 22.7 Å². The molecule has 5 heteroatoms. The Kier molecular flexibility index (Phi) is 4.70. The van der Waals surface area contributed by atoms with Crippen LogP contribution in [-0.2, 0) is 0 Å². The largest absolute Gasteiger partial charge is 0.394 e. The van der Waals surface area contributed by atoms with E-state index in [1.807, 2.05) is 22.9 Å². The number of rotatable bonds is 6. The number of hydrogen-bond acceptors (Lipinski definition) is 5. The van der Waals surface area contributed by atoms with Crippen molar-refractivity contribution in [1.82, 2.24) is 5.32 Å². The highest BCUT2D eigenvalue weighted by atomic mass is 32.1. The van der Waals surface area contributed by atoms with Crippen LogP contribution in [-0.4, -0.2) is 29.5 Å². The molecule has 0 amide bonds. The van der Waals surface area contributed by atoms with Crippen molar-refractivity contribution in [2.24, 2.45) is 0 Å². The molecule has 0 radical (unpaired) electrons. The molecule has 3 N–H and O–H groups in total. The van der Waals surface area contributed by atoms with Crippen molar-refractivity contribution in [2.45, 2.75) is 12.1 Å². The standard InChI is InChI=1S/C12H15NO2S2/c14-8-9(15)7-13-12(10-3-1-5-16-10)11-4-2-6-17-11/h1-6,9,12-15H,7-8H2. The van der Waals surface area contributed by atoms with Crippen LogP contribution in [0, 0.1) is 0 Å². The number of nitrogens with one attached hydrogen (secondary N) is 1. The predicted octanol–water partition coefficient (Wildman–Crippen LogP) is 1.84. The van der Waals surface area contributed by atoms with E-state index in [0.29, 0.717) is 6.54 Å². The lowest BCUT2D eigenvalue weighted by Crippen LogP contribution is -2.32. The molecule has 2 aromatic rings. The van der Waals surface area contributed by atoms with E-state index in [0.717, 1.165) is 0 Å². The van der Waals surface area contributed by atoms with Crippen molar-refractivity contribution in [2.75, 3.05) is 13.2 Å². The van der Waals surface area contributed by atoms with Gasteiger partial charge in [0.1, 0.15) is 0 Å². The van der Waals surface area contributed by atoms with Gasteiger partial charge in [-0.05, 0) is 22.9 Å². The third kappa shape index (κ3) is 3.37. The SMILES string of the molecule is OCC(O)CNC(c1cccs1)c1cccs1. The molecule has 2 aromatic heterocycles. The Morgan fingerprint density at radius 2 is 1.71 bits per heavy atom. The second-order valence-corrected chi connectivity index (χ2v) is 5.67. The van der Waals surface area contributed by atoms with Gasteiger partial charge in [-0.15, -0.1) is 22.7 Å². The molecule has 0 saturated carbocycles. The molecular weight excluding hydrogens is 254 g/mol. The maximum Gasteiger partial charge on any atom is 0.0895 e. The zero-order valence-electron chi connectivity index (χ0n) is 9.24. The van der Waals surface area contributed by atoms with Crippen molar-refractivity contribution in [3.05, 3.63) is 44.8 Å². The molecule has 17 heavy (non-hydrogen) atoms. The molecule has 1 unspecified atom stereocenters. The van der Waals surface area contributed by atoms with Gasteiger partial charge in [0, 0.05) is 16.3 Å². The Labute approximate surface area is 108 Å². The summed E-state index contributed by atoms with van der Waals surface area (Å²) in [5.74, 6) is 0. The van der Waals surface area contributed by atoms with E-state index in [4.69, 9.17) is 5.11 Å². The van der Waals surface area contributed by atoms with Crippen LogP contribution in [0.5, 0.6) is 0 Å². The van der Waals surface area contributed by atoms with E-state index in [1.165, 1.54) is 9.75 Å². The second kappa shape index (κ2) is 6.28. The molecule has 0 aromatic carbocycles. The maximum absolute atomic E-state index is 9.40. The Morgan fingerprint density at radius 3 is 2.12 bits per heavy atom. The van der Waals surface area contributed by atoms with Gasteiger partial charge in [-0.3, -0.25) is 0 Å². The molecule has 1 atom stereocenters. The van der Waals surface area contributed by atoms with E-state index in [9.17, 15) is 5.11 Å². The highest BCUT2D eigenvalue weighted by Crippen LogP contribution is 2.28. The predicted molar refractivity (Wildman–Crippen MR) is 71.6 cm³/mol. The lowest BCUT2D eigenvalue weighted by molar-refractivity contribution is 0.0931. The summed E-state index contributed by atoms with van der Waals surface area (Å²) in [6.45, 7) is 0.172. The van der Waals surface area contributed by atoms with Gasteiger partial charge in [0.2, 0.25) is 0 Å². The Balaban J connectivity index is 2.09. The van der Waals surface area contributed by atoms with Crippen LogP contribution in [0.4, 0.5) is 0 Å². The van der Waals surface area contributed by atoms with Crippen LogP contribution in [0.1, 0.15) is 15.8 Å². The first kappa shape index (κ1) is 12.7. The second-order valence-electron chi connectivity index (χ2n) is 3.71. The van der Waals surface area contributed by atoms with Gasteiger partial charge in [-0.2, -0.15) is 0 Å². The van der Waals surface area contributed by atoms with Gasteiger partial charge < -0.3 is 15.5 Å². The zero-order chi connectivity index (χ0) is 12.1. The van der Waals surface area contributed by atoms with Crippen LogP contribution in [0.25, 0.3) is 0 Å². The average Bonchev–Trinajstić information content (AvgIpc) is 3.01. The van der Waals surface area contributed by atoms with Gasteiger partial charge in [0.05, 0.1) is 18.8 Å². The minimum Gasteiger partial charge on any atom is -0.394 e. The smallest absolute Gasteiger partial charge is 0.0895 e. The summed E-state index contributed by atoms with van der Waals surface area (Å²) in [5.41, 5.74) is 0. The molecule has 0 aliphatic heterocycles. The maximum atomic E-state index is 9.40. The van der Waals surface area contributed by atoms with Crippen LogP contribution < -0.4 is 5.32 Å². The highest BCUT2D eigenvalue weighted by Gasteiger charge is 2.16. The lowest BCUT2D eigenvalue weighted by atomic mass is 10.2. The summed E-state index contributed by atoms with van der Waals surface area (Å²) in [6, 6.07) is 8.30. The molecule has 0 spiro atoms. The van der Waals surface area contributed by atoms with Gasteiger partial charge in [0.25, 0.3) is 0 Å². The fourth-order valence-electron chi connectivity index (χ4n) is 1.57. The molecule has 0 aliphatic carbocycles. The Bertz CT molecular complexity index is 379. The minimum absolute atomic E-state index is 0.108. The normalized spacial score (nSPS) is 13.1. The third-order valence-corrected chi connectivity index (χ3v) is 4.30. The first-order chi connectivity index (χ1) is 8.31. The molecule has 3 nitrogen and oxygen atoms in total. The van der Waals surface area contributed by atoms with Gasteiger partial charge >= 0.3 is 0 Å². The fraction of sp³-hybridized carbons (Fsp3) is 0.333. The summed E-state index contributed by atoms with van der Waals surface area (Å²) in [5, 5.41) is 25.6. The van der Waals surface area contributed by atoms with Crippen LogP contribution in [0.3, 0.4) is 0 Å². The van der Waals surface area contributed by atoms with Gasteiger partial charge in [0.15, 0.2) is 0 Å². The third-order valence-electron chi connectivity index (χ3n) is 2.42. The molecular formula is C12H15NO2S2. The molecule has 2 heterocycles. The van der Waals surface area contributed by atoms with Crippen LogP contribution in [0.15, 0.2) is 35.0 Å². The van der Waals surface area contributed by atoms with E-state index in [-0.39, 0.29) is 12.6 Å². The highest BCUT2D eigenvalue weighted by molar-refractivity contribution is 7.11. The molecule has 92 valence electrons. The fourth-order valence-corrected chi connectivity index (χ4v) is 3.28. The number of aliphatic hydroxyl groups is 2. The number of aliphatic hydroxyl groups excluding tert-OH is 2. The summed E-state index contributed by atoms with van der Waals surface area (Å²) >= 11 is 3.38.